The molecule has 0 bridgehead atoms. The summed E-state index contributed by atoms with van der Waals surface area (Å²) < 4.78 is 5.12. The fraction of sp³-hybridized carbons (Fsp3) is 0.348. The number of hydrogen-bond donors (Lipinski definition) is 2. The molecule has 1 aliphatic heterocycles. The number of furan rings is 1. The predicted octanol–water partition coefficient (Wildman–Crippen LogP) is 4.33. The highest BCUT2D eigenvalue weighted by atomic mass is 32.1. The topological polar surface area (TPSA) is 87.5 Å². The first-order chi connectivity index (χ1) is 15.1. The van der Waals surface area contributed by atoms with Crippen molar-refractivity contribution in [3.05, 3.63) is 64.6 Å². The van der Waals surface area contributed by atoms with E-state index in [4.69, 9.17) is 4.42 Å². The van der Waals surface area contributed by atoms with Crippen molar-refractivity contribution in [3.63, 3.8) is 0 Å². The molecule has 3 aromatic rings. The van der Waals surface area contributed by atoms with Crippen molar-refractivity contribution in [2.75, 3.05) is 23.7 Å². The van der Waals surface area contributed by atoms with E-state index in [0.29, 0.717) is 18.2 Å². The van der Waals surface area contributed by atoms with Crippen molar-refractivity contribution in [1.82, 2.24) is 9.88 Å². The monoisotopic (exact) mass is 438 g/mol. The fourth-order valence-electron chi connectivity index (χ4n) is 3.54. The van der Waals surface area contributed by atoms with Gasteiger partial charge in [-0.15, -0.1) is 11.3 Å². The lowest BCUT2D eigenvalue weighted by atomic mass is 10.1. The van der Waals surface area contributed by atoms with E-state index >= 15 is 0 Å². The minimum Gasteiger partial charge on any atom is -0.459 e. The lowest BCUT2D eigenvalue weighted by molar-refractivity contribution is -0.117. The summed E-state index contributed by atoms with van der Waals surface area (Å²) in [6.07, 6.45) is 5.63. The normalized spacial score (nSPS) is 13.6. The second-order valence-corrected chi connectivity index (χ2v) is 8.71. The molecule has 2 amide bonds. The number of carbonyl (C=O) groups excluding carboxylic acids is 2. The van der Waals surface area contributed by atoms with E-state index in [1.165, 1.54) is 36.0 Å². The molecule has 0 fully saturated rings. The minimum absolute atomic E-state index is 0.0272. The second kappa shape index (κ2) is 9.89. The number of fused-ring (bicyclic) bond motifs is 1. The molecule has 1 aromatic carbocycles. The first-order valence-corrected chi connectivity index (χ1v) is 11.4. The van der Waals surface area contributed by atoms with Crippen LogP contribution in [-0.2, 0) is 24.2 Å². The number of thiazole rings is 1. The minimum atomic E-state index is -0.312. The van der Waals surface area contributed by atoms with Gasteiger partial charge in [-0.1, -0.05) is 25.5 Å². The van der Waals surface area contributed by atoms with E-state index in [2.05, 4.69) is 39.6 Å². The molecular weight excluding hydrogens is 412 g/mol. The zero-order valence-corrected chi connectivity index (χ0v) is 18.3. The zero-order valence-electron chi connectivity index (χ0n) is 17.5. The Hall–Kier alpha value is -2.97. The molecule has 0 saturated carbocycles. The maximum atomic E-state index is 12.5. The van der Waals surface area contributed by atoms with E-state index in [9.17, 15) is 9.59 Å². The molecule has 1 aliphatic rings. The number of nitrogens with zero attached hydrogens (tertiary/aromatic N) is 2. The van der Waals surface area contributed by atoms with E-state index in [0.717, 1.165) is 35.6 Å². The fourth-order valence-corrected chi connectivity index (χ4v) is 4.59. The van der Waals surface area contributed by atoms with Gasteiger partial charge in [-0.05, 0) is 42.7 Å². The van der Waals surface area contributed by atoms with Crippen molar-refractivity contribution in [2.24, 2.45) is 0 Å². The third-order valence-corrected chi connectivity index (χ3v) is 6.20. The predicted molar refractivity (Wildman–Crippen MR) is 121 cm³/mol. The van der Waals surface area contributed by atoms with Gasteiger partial charge in [-0.2, -0.15) is 0 Å². The molecule has 0 radical (unpaired) electrons. The number of unbranched alkanes of at least 4 members (excludes halogenated alkanes) is 1. The molecule has 8 heteroatoms. The summed E-state index contributed by atoms with van der Waals surface area (Å²) in [5.74, 6) is -0.0847. The summed E-state index contributed by atoms with van der Waals surface area (Å²) in [6.45, 7) is 3.91. The average molecular weight is 439 g/mol. The zero-order chi connectivity index (χ0) is 21.6. The van der Waals surface area contributed by atoms with Crippen LogP contribution < -0.4 is 10.6 Å². The van der Waals surface area contributed by atoms with Gasteiger partial charge in [0.25, 0.3) is 5.91 Å². The van der Waals surface area contributed by atoms with Gasteiger partial charge in [0.2, 0.25) is 5.91 Å². The molecule has 7 nitrogen and oxygen atoms in total. The number of hydrogen-bond acceptors (Lipinski definition) is 6. The van der Waals surface area contributed by atoms with Crippen LogP contribution in [0, 0.1) is 0 Å². The highest BCUT2D eigenvalue weighted by Crippen LogP contribution is 2.28. The van der Waals surface area contributed by atoms with Gasteiger partial charge in [-0.25, -0.2) is 4.98 Å². The highest BCUT2D eigenvalue weighted by molar-refractivity contribution is 7.15. The van der Waals surface area contributed by atoms with Crippen LogP contribution in [0.5, 0.6) is 0 Å². The maximum absolute atomic E-state index is 12.5. The van der Waals surface area contributed by atoms with Crippen LogP contribution in [0.1, 0.15) is 46.5 Å². The van der Waals surface area contributed by atoms with Crippen LogP contribution in [0.2, 0.25) is 0 Å². The Morgan fingerprint density at radius 2 is 2.03 bits per heavy atom. The van der Waals surface area contributed by atoms with Crippen LogP contribution in [0.4, 0.5) is 10.8 Å². The van der Waals surface area contributed by atoms with Gasteiger partial charge in [-0.3, -0.25) is 19.8 Å². The average Bonchev–Trinajstić information content (AvgIpc) is 3.42. The number of aryl methyl sites for hydroxylation is 1. The van der Waals surface area contributed by atoms with Crippen molar-refractivity contribution < 1.29 is 14.0 Å². The van der Waals surface area contributed by atoms with Crippen LogP contribution in [0.15, 0.2) is 47.1 Å². The molecule has 0 spiro atoms. The van der Waals surface area contributed by atoms with Gasteiger partial charge >= 0.3 is 0 Å². The summed E-state index contributed by atoms with van der Waals surface area (Å²) in [4.78, 5) is 32.3. The number of carbonyl (C=O) groups is 2. The molecule has 3 heterocycles. The Bertz CT molecular complexity index is 1030. The molecular formula is C23H26N4O3S. The summed E-state index contributed by atoms with van der Waals surface area (Å²) in [7, 11) is 0. The number of rotatable bonds is 8. The number of nitrogens with one attached hydrogen (secondary N) is 2. The first kappa shape index (κ1) is 21.3. The van der Waals surface area contributed by atoms with E-state index < -0.39 is 0 Å². The molecule has 0 atom stereocenters. The largest absolute Gasteiger partial charge is 0.459 e. The summed E-state index contributed by atoms with van der Waals surface area (Å²) in [5.41, 5.74) is 3.10. The van der Waals surface area contributed by atoms with Gasteiger partial charge in [0.05, 0.1) is 18.5 Å². The molecule has 31 heavy (non-hydrogen) atoms. The van der Waals surface area contributed by atoms with Crippen LogP contribution in [0.3, 0.4) is 0 Å². The Morgan fingerprint density at radius 1 is 1.19 bits per heavy atom. The van der Waals surface area contributed by atoms with Crippen molar-refractivity contribution >= 4 is 34.0 Å². The van der Waals surface area contributed by atoms with Crippen molar-refractivity contribution in [1.29, 1.82) is 0 Å². The van der Waals surface area contributed by atoms with Crippen LogP contribution >= 0.6 is 11.3 Å². The smallest absolute Gasteiger partial charge is 0.293 e. The molecule has 4 rings (SSSR count). The molecule has 2 N–H and O–H groups in total. The van der Waals surface area contributed by atoms with Crippen LogP contribution in [0.25, 0.3) is 0 Å². The Labute approximate surface area is 185 Å². The molecule has 2 aromatic heterocycles. The van der Waals surface area contributed by atoms with E-state index in [1.54, 1.807) is 12.1 Å². The Kier molecular flexibility index (Phi) is 6.79. The third kappa shape index (κ3) is 5.59. The van der Waals surface area contributed by atoms with E-state index in [1.807, 2.05) is 12.1 Å². The number of aromatic nitrogens is 1. The SMILES string of the molecule is CCCCc1ccc(NC(=O)CN2CCc3nc(NC(=O)c4ccco4)sc3C2)cc1. The van der Waals surface area contributed by atoms with Crippen LogP contribution in [-0.4, -0.2) is 34.8 Å². The highest BCUT2D eigenvalue weighted by Gasteiger charge is 2.23. The third-order valence-electron chi connectivity index (χ3n) is 5.20. The Balaban J connectivity index is 1.29. The second-order valence-electron chi connectivity index (χ2n) is 7.63. The number of amides is 2. The van der Waals surface area contributed by atoms with Gasteiger partial charge in [0, 0.05) is 30.1 Å². The van der Waals surface area contributed by atoms with Gasteiger partial charge < -0.3 is 9.73 Å². The molecule has 0 unspecified atom stereocenters. The quantitative estimate of drug-likeness (QED) is 0.547. The molecule has 0 aliphatic carbocycles. The molecule has 162 valence electrons. The summed E-state index contributed by atoms with van der Waals surface area (Å²) in [6, 6.07) is 11.4. The maximum Gasteiger partial charge on any atom is 0.293 e. The standard InChI is InChI=1S/C23H26N4O3S/c1-2-3-5-16-7-9-17(10-8-16)24-21(28)15-27-12-11-18-20(14-27)31-23(25-18)26-22(29)19-6-4-13-30-19/h4,6-10,13H,2-3,5,11-12,14-15H2,1H3,(H,24,28)(H,25,26,29). The number of anilines is 2. The van der Waals surface area contributed by atoms with Crippen molar-refractivity contribution in [3.8, 4) is 0 Å². The summed E-state index contributed by atoms with van der Waals surface area (Å²) in [5, 5.41) is 6.32. The van der Waals surface area contributed by atoms with E-state index in [-0.39, 0.29) is 17.6 Å². The van der Waals surface area contributed by atoms with Gasteiger partial charge in [0.1, 0.15) is 0 Å². The first-order valence-electron chi connectivity index (χ1n) is 10.6. The lowest BCUT2D eigenvalue weighted by Crippen LogP contribution is -2.36. The van der Waals surface area contributed by atoms with Gasteiger partial charge in [0.15, 0.2) is 10.9 Å². The summed E-state index contributed by atoms with van der Waals surface area (Å²) >= 11 is 1.45. The Morgan fingerprint density at radius 3 is 2.77 bits per heavy atom. The number of benzene rings is 1. The molecule has 0 saturated heterocycles. The lowest BCUT2D eigenvalue weighted by Gasteiger charge is -2.25. The van der Waals surface area contributed by atoms with Crippen molar-refractivity contribution in [2.45, 2.75) is 39.2 Å².